The van der Waals surface area contributed by atoms with Crippen LogP contribution in [0.1, 0.15) is 20.8 Å². The van der Waals surface area contributed by atoms with E-state index in [4.69, 9.17) is 0 Å². The molecule has 2 heterocycles. The van der Waals surface area contributed by atoms with Crippen molar-refractivity contribution in [3.63, 3.8) is 0 Å². The smallest absolute Gasteiger partial charge is 0.261 e. The second-order valence-corrected chi connectivity index (χ2v) is 6.55. The van der Waals surface area contributed by atoms with Gasteiger partial charge in [0.05, 0.1) is 10.4 Å². The topological polar surface area (TPSA) is 82.2 Å². The van der Waals surface area contributed by atoms with E-state index in [2.05, 4.69) is 10.3 Å². The molecule has 1 amide bonds. The minimum atomic E-state index is -0.423. The number of hydrogen-bond acceptors (Lipinski definition) is 4. The molecular formula is C18H15FN2O3S. The third-order valence-corrected chi connectivity index (χ3v) is 4.90. The van der Waals surface area contributed by atoms with Gasteiger partial charge in [0.1, 0.15) is 11.6 Å². The molecule has 0 fully saturated rings. The maximum absolute atomic E-state index is 13.2. The summed E-state index contributed by atoms with van der Waals surface area (Å²) in [5.74, 6) is -0.818. The molecule has 0 aliphatic rings. The number of amides is 1. The molecule has 5 nitrogen and oxygen atoms in total. The maximum Gasteiger partial charge on any atom is 0.261 e. The number of aryl methyl sites for hydroxylation is 1. The number of nitrogens with one attached hydrogen (secondary N) is 2. The number of halogens is 1. The lowest BCUT2D eigenvalue weighted by molar-refractivity contribution is 0.0954. The summed E-state index contributed by atoms with van der Waals surface area (Å²) in [6.07, 6.45) is 1.36. The molecule has 0 bridgehead atoms. The van der Waals surface area contributed by atoms with Crippen molar-refractivity contribution in [2.45, 2.75) is 13.5 Å². The number of H-pyrrole nitrogens is 1. The Hall–Kier alpha value is -2.93. The number of aromatic amines is 1. The maximum atomic E-state index is 13.2. The van der Waals surface area contributed by atoms with E-state index in [1.807, 2.05) is 0 Å². The van der Waals surface area contributed by atoms with Gasteiger partial charge in [-0.3, -0.25) is 9.59 Å². The molecule has 2 aromatic heterocycles. The number of rotatable bonds is 4. The minimum Gasteiger partial charge on any atom is -0.507 e. The number of aromatic hydroxyl groups is 1. The molecule has 128 valence electrons. The standard InChI is InChI=1S/C18H15FN2O3S/c1-10-7-14(15-13(22)5-6-20-17(15)23)25-16(10)18(24)21-9-11-3-2-4-12(19)8-11/h2-8H,9H2,1H3,(H,21,24)(H2,20,22,23). The molecule has 1 aromatic carbocycles. The molecule has 3 N–H and O–H groups in total. The fraction of sp³-hybridized carbons (Fsp3) is 0.111. The van der Waals surface area contributed by atoms with Crippen LogP contribution >= 0.6 is 11.3 Å². The molecule has 0 spiro atoms. The molecular weight excluding hydrogens is 343 g/mol. The van der Waals surface area contributed by atoms with E-state index < -0.39 is 5.56 Å². The number of aromatic nitrogens is 1. The number of carbonyl (C=O) groups excluding carboxylic acids is 1. The predicted molar refractivity (Wildman–Crippen MR) is 94.3 cm³/mol. The average molecular weight is 358 g/mol. The zero-order chi connectivity index (χ0) is 18.0. The van der Waals surface area contributed by atoms with Crippen molar-refractivity contribution >= 4 is 17.2 Å². The van der Waals surface area contributed by atoms with Crippen LogP contribution < -0.4 is 10.9 Å². The molecule has 3 aromatic rings. The van der Waals surface area contributed by atoms with E-state index in [9.17, 15) is 19.1 Å². The van der Waals surface area contributed by atoms with Crippen LogP contribution in [0.4, 0.5) is 4.39 Å². The van der Waals surface area contributed by atoms with Gasteiger partial charge in [-0.2, -0.15) is 0 Å². The molecule has 0 unspecified atom stereocenters. The number of carbonyl (C=O) groups is 1. The van der Waals surface area contributed by atoms with Gasteiger partial charge in [-0.15, -0.1) is 11.3 Å². The van der Waals surface area contributed by atoms with Crippen molar-refractivity contribution < 1.29 is 14.3 Å². The molecule has 0 radical (unpaired) electrons. The normalized spacial score (nSPS) is 10.6. The first-order chi connectivity index (χ1) is 12.0. The Morgan fingerprint density at radius 3 is 2.84 bits per heavy atom. The van der Waals surface area contributed by atoms with Crippen molar-refractivity contribution in [2.24, 2.45) is 0 Å². The molecule has 0 saturated heterocycles. The summed E-state index contributed by atoms with van der Waals surface area (Å²) in [7, 11) is 0. The Kier molecular flexibility index (Phi) is 4.67. The molecule has 25 heavy (non-hydrogen) atoms. The highest BCUT2D eigenvalue weighted by Gasteiger charge is 2.18. The van der Waals surface area contributed by atoms with Gasteiger partial charge < -0.3 is 15.4 Å². The molecule has 0 saturated carbocycles. The van der Waals surface area contributed by atoms with E-state index in [0.29, 0.717) is 20.9 Å². The van der Waals surface area contributed by atoms with Gasteiger partial charge in [-0.05, 0) is 42.3 Å². The van der Waals surface area contributed by atoms with Crippen LogP contribution in [0.3, 0.4) is 0 Å². The van der Waals surface area contributed by atoms with Gasteiger partial charge in [-0.25, -0.2) is 4.39 Å². The Bertz CT molecular complexity index is 994. The van der Waals surface area contributed by atoms with Crippen molar-refractivity contribution in [2.75, 3.05) is 0 Å². The van der Waals surface area contributed by atoms with Gasteiger partial charge in [0.2, 0.25) is 0 Å². The summed E-state index contributed by atoms with van der Waals surface area (Å²) in [5, 5.41) is 12.6. The first-order valence-corrected chi connectivity index (χ1v) is 8.31. The third kappa shape index (κ3) is 3.61. The van der Waals surface area contributed by atoms with Crippen LogP contribution in [-0.4, -0.2) is 16.0 Å². The largest absolute Gasteiger partial charge is 0.507 e. The minimum absolute atomic E-state index is 0.139. The van der Waals surface area contributed by atoms with Crippen LogP contribution in [0.2, 0.25) is 0 Å². The first-order valence-electron chi connectivity index (χ1n) is 7.50. The SMILES string of the molecule is Cc1cc(-c2c(O)cc[nH]c2=O)sc1C(=O)NCc1cccc(F)c1. The quantitative estimate of drug-likeness (QED) is 0.670. The zero-order valence-electron chi connectivity index (χ0n) is 13.3. The van der Waals surface area contributed by atoms with Gasteiger partial charge in [0.25, 0.3) is 11.5 Å². The summed E-state index contributed by atoms with van der Waals surface area (Å²) in [4.78, 5) is 27.8. The summed E-state index contributed by atoms with van der Waals surface area (Å²) < 4.78 is 13.2. The highest BCUT2D eigenvalue weighted by Crippen LogP contribution is 2.33. The zero-order valence-corrected chi connectivity index (χ0v) is 14.1. The summed E-state index contributed by atoms with van der Waals surface area (Å²) in [6, 6.07) is 9.06. The second-order valence-electron chi connectivity index (χ2n) is 5.50. The van der Waals surface area contributed by atoms with Crippen molar-refractivity contribution in [3.05, 3.63) is 74.8 Å². The fourth-order valence-corrected chi connectivity index (χ4v) is 3.59. The molecule has 0 atom stereocenters. The van der Waals surface area contributed by atoms with Gasteiger partial charge in [0.15, 0.2) is 0 Å². The summed E-state index contributed by atoms with van der Waals surface area (Å²) in [5.41, 5.74) is 1.06. The van der Waals surface area contributed by atoms with Gasteiger partial charge in [0, 0.05) is 17.6 Å². The van der Waals surface area contributed by atoms with E-state index >= 15 is 0 Å². The van der Waals surface area contributed by atoms with Crippen molar-refractivity contribution in [3.8, 4) is 16.2 Å². The Morgan fingerprint density at radius 1 is 1.32 bits per heavy atom. The van der Waals surface area contributed by atoms with Crippen molar-refractivity contribution in [1.29, 1.82) is 0 Å². The fourth-order valence-electron chi connectivity index (χ4n) is 2.45. The second kappa shape index (κ2) is 6.90. The predicted octanol–water partition coefficient (Wildman–Crippen LogP) is 3.19. The highest BCUT2D eigenvalue weighted by atomic mass is 32.1. The number of benzene rings is 1. The van der Waals surface area contributed by atoms with E-state index in [1.54, 1.807) is 25.1 Å². The molecule has 0 aliphatic carbocycles. The number of pyridine rings is 1. The van der Waals surface area contributed by atoms with Gasteiger partial charge in [-0.1, -0.05) is 12.1 Å². The first kappa shape index (κ1) is 16.9. The van der Waals surface area contributed by atoms with E-state index in [-0.39, 0.29) is 29.6 Å². The lowest BCUT2D eigenvalue weighted by Crippen LogP contribution is -2.22. The van der Waals surface area contributed by atoms with Crippen LogP contribution in [0.25, 0.3) is 10.4 Å². The van der Waals surface area contributed by atoms with Crippen LogP contribution in [0.5, 0.6) is 5.75 Å². The lowest BCUT2D eigenvalue weighted by Gasteiger charge is -2.05. The molecule has 0 aliphatic heterocycles. The van der Waals surface area contributed by atoms with Gasteiger partial charge >= 0.3 is 0 Å². The van der Waals surface area contributed by atoms with E-state index in [0.717, 1.165) is 11.3 Å². The summed E-state index contributed by atoms with van der Waals surface area (Å²) in [6.45, 7) is 1.95. The number of thiophene rings is 1. The Morgan fingerprint density at radius 2 is 2.12 bits per heavy atom. The van der Waals surface area contributed by atoms with Crippen molar-refractivity contribution in [1.82, 2.24) is 10.3 Å². The highest BCUT2D eigenvalue weighted by molar-refractivity contribution is 7.17. The summed E-state index contributed by atoms with van der Waals surface area (Å²) >= 11 is 1.12. The third-order valence-electron chi connectivity index (χ3n) is 3.65. The van der Waals surface area contributed by atoms with E-state index in [1.165, 1.54) is 24.4 Å². The number of hydrogen-bond donors (Lipinski definition) is 3. The molecule has 7 heteroatoms. The van der Waals surface area contributed by atoms with Crippen LogP contribution in [0, 0.1) is 12.7 Å². The van der Waals surface area contributed by atoms with Crippen LogP contribution in [-0.2, 0) is 6.54 Å². The Balaban J connectivity index is 1.83. The molecule has 3 rings (SSSR count). The average Bonchev–Trinajstić information content (AvgIpc) is 2.94. The lowest BCUT2D eigenvalue weighted by atomic mass is 10.1. The van der Waals surface area contributed by atoms with Crippen LogP contribution in [0.15, 0.2) is 47.4 Å². The monoisotopic (exact) mass is 358 g/mol. The Labute approximate surface area is 146 Å².